The van der Waals surface area contributed by atoms with Crippen molar-refractivity contribution in [1.82, 2.24) is 9.78 Å². The number of aryl methyl sites for hydroxylation is 2. The van der Waals surface area contributed by atoms with E-state index in [1.807, 2.05) is 92.2 Å². The molecule has 0 atom stereocenters. The van der Waals surface area contributed by atoms with E-state index in [-0.39, 0.29) is 5.63 Å². The maximum absolute atomic E-state index is 11.7. The summed E-state index contributed by atoms with van der Waals surface area (Å²) in [4.78, 5) is 11.7. The number of nitrogens with zero attached hydrogens (tertiary/aromatic N) is 2. The number of para-hydroxylation sites is 1. The van der Waals surface area contributed by atoms with Crippen LogP contribution in [-0.2, 0) is 6.54 Å². The Morgan fingerprint density at radius 1 is 0.946 bits per heavy atom. The number of ether oxygens (including phenoxy) is 1. The SMILES string of the molecule is Cc1nn(Cc2cccc(Oc3ccccc3)c2)c(C)c1NC(=S)Nc1ccc2c(C)cc(=O)oc2c1. The molecule has 0 bridgehead atoms. The molecule has 2 aromatic heterocycles. The molecule has 0 saturated heterocycles. The highest BCUT2D eigenvalue weighted by atomic mass is 32.1. The van der Waals surface area contributed by atoms with E-state index in [9.17, 15) is 4.79 Å². The van der Waals surface area contributed by atoms with Crippen LogP contribution in [0, 0.1) is 20.8 Å². The molecule has 186 valence electrons. The Kier molecular flexibility index (Phi) is 6.74. The van der Waals surface area contributed by atoms with Gasteiger partial charge in [0.25, 0.3) is 0 Å². The summed E-state index contributed by atoms with van der Waals surface area (Å²) in [6.45, 7) is 6.41. The van der Waals surface area contributed by atoms with Crippen molar-refractivity contribution in [3.8, 4) is 11.5 Å². The lowest BCUT2D eigenvalue weighted by molar-refractivity contribution is 0.481. The first-order valence-electron chi connectivity index (χ1n) is 11.8. The zero-order valence-electron chi connectivity index (χ0n) is 20.7. The van der Waals surface area contributed by atoms with Crippen molar-refractivity contribution in [2.24, 2.45) is 0 Å². The van der Waals surface area contributed by atoms with Crippen molar-refractivity contribution >= 4 is 39.7 Å². The van der Waals surface area contributed by atoms with Gasteiger partial charge in [-0.25, -0.2) is 4.79 Å². The summed E-state index contributed by atoms with van der Waals surface area (Å²) in [6, 6.07) is 24.7. The minimum Gasteiger partial charge on any atom is -0.457 e. The van der Waals surface area contributed by atoms with Crippen LogP contribution in [-0.4, -0.2) is 14.9 Å². The molecule has 0 aliphatic heterocycles. The largest absolute Gasteiger partial charge is 0.457 e. The number of rotatable bonds is 6. The Morgan fingerprint density at radius 2 is 1.73 bits per heavy atom. The smallest absolute Gasteiger partial charge is 0.336 e. The topological polar surface area (TPSA) is 81.3 Å². The van der Waals surface area contributed by atoms with E-state index >= 15 is 0 Å². The van der Waals surface area contributed by atoms with Gasteiger partial charge < -0.3 is 19.8 Å². The van der Waals surface area contributed by atoms with Gasteiger partial charge in [0.2, 0.25) is 0 Å². The van der Waals surface area contributed by atoms with Crippen LogP contribution in [0.15, 0.2) is 88.1 Å². The molecular weight excluding hydrogens is 484 g/mol. The number of hydrogen-bond donors (Lipinski definition) is 2. The summed E-state index contributed by atoms with van der Waals surface area (Å²) in [5, 5.41) is 12.5. The summed E-state index contributed by atoms with van der Waals surface area (Å²) in [6.07, 6.45) is 0. The Labute approximate surface area is 219 Å². The van der Waals surface area contributed by atoms with E-state index in [2.05, 4.69) is 10.6 Å². The number of aromatic nitrogens is 2. The quantitative estimate of drug-likeness (QED) is 0.198. The Balaban J connectivity index is 1.29. The van der Waals surface area contributed by atoms with E-state index in [1.54, 1.807) is 6.07 Å². The molecule has 0 aliphatic carbocycles. The molecule has 7 nitrogen and oxygen atoms in total. The van der Waals surface area contributed by atoms with E-state index in [4.69, 9.17) is 26.5 Å². The number of benzene rings is 3. The molecule has 37 heavy (non-hydrogen) atoms. The van der Waals surface area contributed by atoms with Gasteiger partial charge in [0.05, 0.1) is 23.6 Å². The molecule has 2 heterocycles. The van der Waals surface area contributed by atoms with Crippen molar-refractivity contribution in [2.45, 2.75) is 27.3 Å². The number of fused-ring (bicyclic) bond motifs is 1. The first-order chi connectivity index (χ1) is 17.9. The van der Waals surface area contributed by atoms with Gasteiger partial charge in [0, 0.05) is 23.2 Å². The summed E-state index contributed by atoms with van der Waals surface area (Å²) < 4.78 is 13.3. The van der Waals surface area contributed by atoms with Crippen molar-refractivity contribution in [3.05, 3.63) is 112 Å². The minimum atomic E-state index is -0.376. The first kappa shape index (κ1) is 24.3. The predicted octanol–water partition coefficient (Wildman–Crippen LogP) is 6.56. The molecular formula is C29H26N4O3S. The normalized spacial score (nSPS) is 10.9. The molecule has 8 heteroatoms. The highest BCUT2D eigenvalue weighted by molar-refractivity contribution is 7.80. The molecule has 2 N–H and O–H groups in total. The average Bonchev–Trinajstić information content (AvgIpc) is 3.11. The third-order valence-corrected chi connectivity index (χ3v) is 6.24. The van der Waals surface area contributed by atoms with Crippen LogP contribution >= 0.6 is 12.2 Å². The second-order valence-corrected chi connectivity index (χ2v) is 9.21. The number of thiocarbonyl (C=S) groups is 1. The van der Waals surface area contributed by atoms with Crippen LogP contribution in [0.25, 0.3) is 11.0 Å². The molecule has 5 aromatic rings. The zero-order valence-corrected chi connectivity index (χ0v) is 21.6. The molecule has 0 fully saturated rings. The van der Waals surface area contributed by atoms with E-state index in [1.165, 1.54) is 6.07 Å². The second-order valence-electron chi connectivity index (χ2n) is 8.80. The van der Waals surface area contributed by atoms with E-state index in [0.29, 0.717) is 17.2 Å². The van der Waals surface area contributed by atoms with Crippen molar-refractivity contribution in [1.29, 1.82) is 0 Å². The lowest BCUT2D eigenvalue weighted by Gasteiger charge is -2.12. The molecule has 0 radical (unpaired) electrons. The van der Waals surface area contributed by atoms with Gasteiger partial charge in [0.15, 0.2) is 5.11 Å². The van der Waals surface area contributed by atoms with Crippen LogP contribution in [0.5, 0.6) is 11.5 Å². The highest BCUT2D eigenvalue weighted by Gasteiger charge is 2.14. The standard InChI is InChI=1S/C29H26N4O3S/c1-18-14-27(34)36-26-16-22(12-13-25(18)26)30-29(37)31-28-19(2)32-33(20(28)3)17-21-8-7-11-24(15-21)35-23-9-5-4-6-10-23/h4-16H,17H2,1-3H3,(H2,30,31,37). The van der Waals surface area contributed by atoms with Crippen LogP contribution < -0.4 is 21.0 Å². The zero-order chi connectivity index (χ0) is 25.9. The first-order valence-corrected chi connectivity index (χ1v) is 12.2. The Bertz CT molecular complexity index is 1660. The van der Waals surface area contributed by atoms with Crippen molar-refractivity contribution in [2.75, 3.05) is 10.6 Å². The predicted molar refractivity (Wildman–Crippen MR) is 151 cm³/mol. The van der Waals surface area contributed by atoms with Gasteiger partial charge >= 0.3 is 5.63 Å². The van der Waals surface area contributed by atoms with Crippen LogP contribution in [0.3, 0.4) is 0 Å². The molecule has 5 rings (SSSR count). The summed E-state index contributed by atoms with van der Waals surface area (Å²) >= 11 is 5.56. The minimum absolute atomic E-state index is 0.376. The van der Waals surface area contributed by atoms with Gasteiger partial charge in [-0.1, -0.05) is 30.3 Å². The van der Waals surface area contributed by atoms with E-state index < -0.39 is 0 Å². The van der Waals surface area contributed by atoms with Crippen LogP contribution in [0.1, 0.15) is 22.5 Å². The van der Waals surface area contributed by atoms with Gasteiger partial charge in [-0.05, 0) is 80.5 Å². The molecule has 0 unspecified atom stereocenters. The van der Waals surface area contributed by atoms with Gasteiger partial charge in [-0.2, -0.15) is 5.10 Å². The van der Waals surface area contributed by atoms with Crippen molar-refractivity contribution < 1.29 is 9.15 Å². The monoisotopic (exact) mass is 510 g/mol. The number of hydrogen-bond acceptors (Lipinski definition) is 5. The molecule has 3 aromatic carbocycles. The van der Waals surface area contributed by atoms with Gasteiger partial charge in [0.1, 0.15) is 17.1 Å². The van der Waals surface area contributed by atoms with Crippen molar-refractivity contribution in [3.63, 3.8) is 0 Å². The summed E-state index contributed by atoms with van der Waals surface area (Å²) in [5.74, 6) is 1.57. The average molecular weight is 511 g/mol. The van der Waals surface area contributed by atoms with Gasteiger partial charge in [-0.3, -0.25) is 4.68 Å². The lowest BCUT2D eigenvalue weighted by atomic mass is 10.1. The lowest BCUT2D eigenvalue weighted by Crippen LogP contribution is -2.20. The number of anilines is 2. The summed E-state index contributed by atoms with van der Waals surface area (Å²) in [7, 11) is 0. The molecule has 0 spiro atoms. The molecule has 0 aliphatic rings. The van der Waals surface area contributed by atoms with E-state index in [0.717, 1.165) is 50.8 Å². The Hall–Kier alpha value is -4.43. The maximum atomic E-state index is 11.7. The number of nitrogens with one attached hydrogen (secondary N) is 2. The third-order valence-electron chi connectivity index (χ3n) is 6.04. The molecule has 0 amide bonds. The second kappa shape index (κ2) is 10.3. The highest BCUT2D eigenvalue weighted by Crippen LogP contribution is 2.25. The van der Waals surface area contributed by atoms with Crippen LogP contribution in [0.2, 0.25) is 0 Å². The molecule has 0 saturated carbocycles. The fourth-order valence-electron chi connectivity index (χ4n) is 4.22. The maximum Gasteiger partial charge on any atom is 0.336 e. The van der Waals surface area contributed by atoms with Gasteiger partial charge in [-0.15, -0.1) is 0 Å². The summed E-state index contributed by atoms with van der Waals surface area (Å²) in [5.41, 5.74) is 5.42. The fraction of sp³-hybridized carbons (Fsp3) is 0.138. The third kappa shape index (κ3) is 5.54. The fourth-order valence-corrected chi connectivity index (χ4v) is 4.44. The Morgan fingerprint density at radius 3 is 2.54 bits per heavy atom. The van der Waals surface area contributed by atoms with Crippen LogP contribution in [0.4, 0.5) is 11.4 Å².